The van der Waals surface area contributed by atoms with Crippen LogP contribution in [0.2, 0.25) is 0 Å². The van der Waals surface area contributed by atoms with Gasteiger partial charge in [0.15, 0.2) is 0 Å². The maximum absolute atomic E-state index is 13.2. The topological polar surface area (TPSA) is 50.4 Å². The van der Waals surface area contributed by atoms with Gasteiger partial charge in [-0.2, -0.15) is 0 Å². The number of ether oxygens (including phenoxy) is 1. The van der Waals surface area contributed by atoms with Crippen LogP contribution in [-0.2, 0) is 11.3 Å². The van der Waals surface area contributed by atoms with Gasteiger partial charge in [-0.05, 0) is 40.8 Å². The Morgan fingerprint density at radius 3 is 2.46 bits per heavy atom. The Bertz CT molecular complexity index is 724. The van der Waals surface area contributed by atoms with Crippen LogP contribution in [0.15, 0.2) is 48.5 Å². The van der Waals surface area contributed by atoms with E-state index in [9.17, 15) is 9.18 Å². The molecule has 0 fully saturated rings. The van der Waals surface area contributed by atoms with Gasteiger partial charge in [0, 0.05) is 12.6 Å². The monoisotopic (exact) mass is 358 g/mol. The zero-order chi connectivity index (χ0) is 19.2. The Balaban J connectivity index is 1.93. The number of benzene rings is 2. The molecule has 0 aromatic heterocycles. The number of nitrogens with one attached hydrogen (secondary N) is 2. The second-order valence-electron chi connectivity index (χ2n) is 7.36. The maximum Gasteiger partial charge on any atom is 0.234 e. The molecule has 1 amide bonds. The molecule has 0 saturated heterocycles. The van der Waals surface area contributed by atoms with Gasteiger partial charge in [0.05, 0.1) is 13.7 Å². The van der Waals surface area contributed by atoms with Gasteiger partial charge in [0.1, 0.15) is 11.6 Å². The summed E-state index contributed by atoms with van der Waals surface area (Å²) in [6, 6.07) is 13.9. The summed E-state index contributed by atoms with van der Waals surface area (Å²) in [5.74, 6) is 0.403. The van der Waals surface area contributed by atoms with Gasteiger partial charge < -0.3 is 15.4 Å². The van der Waals surface area contributed by atoms with Crippen LogP contribution in [0.1, 0.15) is 37.9 Å². The predicted molar refractivity (Wildman–Crippen MR) is 101 cm³/mol. The number of hydrogen-bond acceptors (Lipinski definition) is 3. The first-order valence-corrected chi connectivity index (χ1v) is 8.68. The molecule has 4 nitrogen and oxygen atoms in total. The van der Waals surface area contributed by atoms with E-state index in [-0.39, 0.29) is 29.7 Å². The van der Waals surface area contributed by atoms with Crippen molar-refractivity contribution in [3.63, 3.8) is 0 Å². The maximum atomic E-state index is 13.2. The zero-order valence-electron chi connectivity index (χ0n) is 15.8. The molecule has 5 heteroatoms. The summed E-state index contributed by atoms with van der Waals surface area (Å²) in [7, 11) is 1.61. The molecule has 26 heavy (non-hydrogen) atoms. The van der Waals surface area contributed by atoms with E-state index in [1.54, 1.807) is 19.2 Å². The van der Waals surface area contributed by atoms with Crippen LogP contribution < -0.4 is 15.4 Å². The number of halogens is 1. The van der Waals surface area contributed by atoms with E-state index in [0.717, 1.165) is 16.9 Å². The highest BCUT2D eigenvalue weighted by Gasteiger charge is 2.26. The minimum absolute atomic E-state index is 0.0642. The van der Waals surface area contributed by atoms with Crippen molar-refractivity contribution in [2.75, 3.05) is 13.7 Å². The third kappa shape index (κ3) is 5.85. The summed E-state index contributed by atoms with van der Waals surface area (Å²) in [4.78, 5) is 12.2. The van der Waals surface area contributed by atoms with E-state index in [1.807, 2.05) is 24.3 Å². The van der Waals surface area contributed by atoms with Crippen molar-refractivity contribution >= 4 is 5.91 Å². The molecule has 0 aliphatic heterocycles. The van der Waals surface area contributed by atoms with Gasteiger partial charge in [-0.3, -0.25) is 4.79 Å². The molecule has 0 bridgehead atoms. The molecule has 2 rings (SSSR count). The summed E-state index contributed by atoms with van der Waals surface area (Å²) in [6.45, 7) is 6.88. The molecule has 0 heterocycles. The Morgan fingerprint density at radius 2 is 1.85 bits per heavy atom. The van der Waals surface area contributed by atoms with Crippen LogP contribution >= 0.6 is 0 Å². The van der Waals surface area contributed by atoms with Crippen molar-refractivity contribution in [1.29, 1.82) is 0 Å². The van der Waals surface area contributed by atoms with Crippen molar-refractivity contribution in [3.05, 3.63) is 65.5 Å². The molecule has 0 aliphatic carbocycles. The number of rotatable bonds is 7. The van der Waals surface area contributed by atoms with Crippen molar-refractivity contribution in [1.82, 2.24) is 10.6 Å². The van der Waals surface area contributed by atoms with E-state index < -0.39 is 0 Å². The van der Waals surface area contributed by atoms with Crippen LogP contribution in [0.3, 0.4) is 0 Å². The molecule has 2 aromatic rings. The lowest BCUT2D eigenvalue weighted by molar-refractivity contribution is -0.120. The van der Waals surface area contributed by atoms with Crippen LogP contribution in [0.4, 0.5) is 4.39 Å². The van der Waals surface area contributed by atoms with E-state index in [2.05, 4.69) is 31.4 Å². The molecule has 1 unspecified atom stereocenters. The van der Waals surface area contributed by atoms with E-state index in [0.29, 0.717) is 6.54 Å². The van der Waals surface area contributed by atoms with Gasteiger partial charge >= 0.3 is 0 Å². The highest BCUT2D eigenvalue weighted by molar-refractivity contribution is 5.78. The molecule has 0 aliphatic rings. The normalized spacial score (nSPS) is 12.5. The van der Waals surface area contributed by atoms with Crippen LogP contribution in [0.25, 0.3) is 0 Å². The van der Waals surface area contributed by atoms with Gasteiger partial charge in [-0.15, -0.1) is 0 Å². The summed E-state index contributed by atoms with van der Waals surface area (Å²) in [5.41, 5.74) is 1.81. The minimum Gasteiger partial charge on any atom is -0.497 e. The predicted octanol–water partition coefficient (Wildman–Crippen LogP) is 3.83. The molecule has 0 saturated carbocycles. The van der Waals surface area contributed by atoms with Crippen LogP contribution in [-0.4, -0.2) is 19.6 Å². The van der Waals surface area contributed by atoms with Crippen molar-refractivity contribution in [2.45, 2.75) is 33.4 Å². The Kier molecular flexibility index (Phi) is 6.75. The van der Waals surface area contributed by atoms with Crippen LogP contribution in [0, 0.1) is 11.2 Å². The van der Waals surface area contributed by atoms with Gasteiger partial charge in [-0.25, -0.2) is 4.39 Å². The summed E-state index contributed by atoms with van der Waals surface area (Å²) in [5, 5.41) is 6.20. The fourth-order valence-corrected chi connectivity index (χ4v) is 2.82. The van der Waals surface area contributed by atoms with E-state index in [4.69, 9.17) is 4.74 Å². The summed E-state index contributed by atoms with van der Waals surface area (Å²) < 4.78 is 18.4. The standard InChI is InChI=1S/C21H27FN2O2/c1-21(2,3)20(16-8-10-17(22)11-9-16)24-14-19(25)23-13-15-6-5-7-18(12-15)26-4/h5-12,20,24H,13-14H2,1-4H3,(H,23,25). The second kappa shape index (κ2) is 8.81. The molecule has 0 spiro atoms. The highest BCUT2D eigenvalue weighted by Crippen LogP contribution is 2.32. The average Bonchev–Trinajstić information content (AvgIpc) is 2.60. The Labute approximate surface area is 154 Å². The summed E-state index contributed by atoms with van der Waals surface area (Å²) >= 11 is 0. The van der Waals surface area contributed by atoms with Gasteiger partial charge in [0.25, 0.3) is 0 Å². The molecular formula is C21H27FN2O2. The fourth-order valence-electron chi connectivity index (χ4n) is 2.82. The first-order chi connectivity index (χ1) is 12.3. The molecule has 2 aromatic carbocycles. The number of carbonyl (C=O) groups excluding carboxylic acids is 1. The van der Waals surface area contributed by atoms with Crippen molar-refractivity contribution < 1.29 is 13.9 Å². The Hall–Kier alpha value is -2.40. The van der Waals surface area contributed by atoms with Gasteiger partial charge in [0.2, 0.25) is 5.91 Å². The SMILES string of the molecule is COc1cccc(CNC(=O)CNC(c2ccc(F)cc2)C(C)(C)C)c1. The lowest BCUT2D eigenvalue weighted by Crippen LogP contribution is -2.39. The average molecular weight is 358 g/mol. The molecular weight excluding hydrogens is 331 g/mol. The van der Waals surface area contributed by atoms with E-state index in [1.165, 1.54) is 12.1 Å². The molecule has 140 valence electrons. The number of amides is 1. The second-order valence-corrected chi connectivity index (χ2v) is 7.36. The third-order valence-electron chi connectivity index (χ3n) is 4.16. The first-order valence-electron chi connectivity index (χ1n) is 8.68. The van der Waals surface area contributed by atoms with E-state index >= 15 is 0 Å². The minimum atomic E-state index is -0.266. The third-order valence-corrected chi connectivity index (χ3v) is 4.16. The highest BCUT2D eigenvalue weighted by atomic mass is 19.1. The largest absolute Gasteiger partial charge is 0.497 e. The Morgan fingerprint density at radius 1 is 1.15 bits per heavy atom. The molecule has 1 atom stereocenters. The zero-order valence-corrected chi connectivity index (χ0v) is 15.8. The lowest BCUT2D eigenvalue weighted by Gasteiger charge is -2.32. The molecule has 0 radical (unpaired) electrons. The molecule has 2 N–H and O–H groups in total. The summed E-state index contributed by atoms with van der Waals surface area (Å²) in [6.07, 6.45) is 0. The number of methoxy groups -OCH3 is 1. The van der Waals surface area contributed by atoms with Crippen LogP contribution in [0.5, 0.6) is 5.75 Å². The number of hydrogen-bond donors (Lipinski definition) is 2. The van der Waals surface area contributed by atoms with Crippen molar-refractivity contribution in [2.24, 2.45) is 5.41 Å². The quantitative estimate of drug-likeness (QED) is 0.791. The first kappa shape index (κ1) is 19.9. The fraction of sp³-hybridized carbons (Fsp3) is 0.381. The van der Waals surface area contributed by atoms with Gasteiger partial charge in [-0.1, -0.05) is 45.0 Å². The lowest BCUT2D eigenvalue weighted by atomic mass is 9.82. The smallest absolute Gasteiger partial charge is 0.234 e. The van der Waals surface area contributed by atoms with Crippen molar-refractivity contribution in [3.8, 4) is 5.75 Å². The number of carbonyl (C=O) groups is 1.